The van der Waals surface area contributed by atoms with Gasteiger partial charge in [-0.15, -0.1) is 0 Å². The molecule has 1 aromatic carbocycles. The fourth-order valence-electron chi connectivity index (χ4n) is 3.45. The Kier molecular flexibility index (Phi) is 4.22. The third-order valence-corrected chi connectivity index (χ3v) is 4.65. The number of rotatable bonds is 3. The lowest BCUT2D eigenvalue weighted by Crippen LogP contribution is -2.53. The number of nitrogens with two attached hydrogens (primary N) is 1. The predicted octanol–water partition coefficient (Wildman–Crippen LogP) is 1.38. The highest BCUT2D eigenvalue weighted by molar-refractivity contribution is 5.77. The van der Waals surface area contributed by atoms with Gasteiger partial charge in [0.05, 0.1) is 0 Å². The maximum absolute atomic E-state index is 13.9. The Hall–Kier alpha value is -1.46. The number of carbonyl (C=O) groups excluding carboxylic acids is 1. The summed E-state index contributed by atoms with van der Waals surface area (Å²) < 4.78 is 13.9. The number of halogens is 1. The van der Waals surface area contributed by atoms with E-state index >= 15 is 0 Å². The van der Waals surface area contributed by atoms with Gasteiger partial charge in [0, 0.05) is 44.2 Å². The standard InChI is InChI=1S/C16H22FN3O/c17-14-3-1-11(8-18)7-13(14)10-20-6-5-15-12(9-20)2-4-16(21)19-15/h1,3,7,12,15H,2,4-6,8-10,18H2,(H,19,21). The van der Waals surface area contributed by atoms with E-state index in [1.54, 1.807) is 6.07 Å². The quantitative estimate of drug-likeness (QED) is 0.884. The first-order valence-corrected chi connectivity index (χ1v) is 7.65. The van der Waals surface area contributed by atoms with Crippen molar-refractivity contribution in [2.45, 2.75) is 38.4 Å². The van der Waals surface area contributed by atoms with E-state index in [1.165, 1.54) is 6.07 Å². The molecule has 2 atom stereocenters. The second-order valence-corrected chi connectivity index (χ2v) is 6.13. The number of benzene rings is 1. The molecule has 2 saturated heterocycles. The highest BCUT2D eigenvalue weighted by Crippen LogP contribution is 2.26. The van der Waals surface area contributed by atoms with Gasteiger partial charge in [-0.25, -0.2) is 4.39 Å². The van der Waals surface area contributed by atoms with Crippen LogP contribution in [0.4, 0.5) is 4.39 Å². The number of fused-ring (bicyclic) bond motifs is 1. The van der Waals surface area contributed by atoms with Crippen LogP contribution in [0.15, 0.2) is 18.2 Å². The van der Waals surface area contributed by atoms with Crippen molar-refractivity contribution in [3.63, 3.8) is 0 Å². The van der Waals surface area contributed by atoms with E-state index in [2.05, 4.69) is 10.2 Å². The average molecular weight is 291 g/mol. The lowest BCUT2D eigenvalue weighted by molar-refractivity contribution is -0.125. The van der Waals surface area contributed by atoms with Crippen molar-refractivity contribution in [1.82, 2.24) is 10.2 Å². The molecule has 1 aromatic rings. The third-order valence-electron chi connectivity index (χ3n) is 4.65. The molecule has 0 aliphatic carbocycles. The maximum Gasteiger partial charge on any atom is 0.220 e. The molecule has 2 aliphatic heterocycles. The number of amides is 1. The van der Waals surface area contributed by atoms with Crippen LogP contribution < -0.4 is 11.1 Å². The molecule has 114 valence electrons. The topological polar surface area (TPSA) is 58.4 Å². The summed E-state index contributed by atoms with van der Waals surface area (Å²) in [4.78, 5) is 13.7. The van der Waals surface area contributed by atoms with Crippen molar-refractivity contribution in [2.24, 2.45) is 11.7 Å². The van der Waals surface area contributed by atoms with E-state index in [0.29, 0.717) is 31.5 Å². The van der Waals surface area contributed by atoms with Crippen LogP contribution in [0.2, 0.25) is 0 Å². The minimum atomic E-state index is -0.161. The summed E-state index contributed by atoms with van der Waals surface area (Å²) in [5, 5.41) is 3.08. The van der Waals surface area contributed by atoms with Crippen molar-refractivity contribution in [2.75, 3.05) is 13.1 Å². The minimum absolute atomic E-state index is 0.161. The number of nitrogens with one attached hydrogen (secondary N) is 1. The molecule has 21 heavy (non-hydrogen) atoms. The largest absolute Gasteiger partial charge is 0.353 e. The molecule has 3 rings (SSSR count). The van der Waals surface area contributed by atoms with Crippen molar-refractivity contribution < 1.29 is 9.18 Å². The molecular formula is C16H22FN3O. The van der Waals surface area contributed by atoms with Gasteiger partial charge in [0.15, 0.2) is 0 Å². The Labute approximate surface area is 124 Å². The SMILES string of the molecule is NCc1ccc(F)c(CN2CCC3NC(=O)CCC3C2)c1. The predicted molar refractivity (Wildman–Crippen MR) is 78.8 cm³/mol. The molecule has 0 spiro atoms. The highest BCUT2D eigenvalue weighted by atomic mass is 19.1. The van der Waals surface area contributed by atoms with Crippen LogP contribution in [0.1, 0.15) is 30.4 Å². The highest BCUT2D eigenvalue weighted by Gasteiger charge is 2.33. The molecule has 2 unspecified atom stereocenters. The summed E-state index contributed by atoms with van der Waals surface area (Å²) in [5.74, 6) is 0.509. The summed E-state index contributed by atoms with van der Waals surface area (Å²) >= 11 is 0. The van der Waals surface area contributed by atoms with E-state index < -0.39 is 0 Å². The zero-order chi connectivity index (χ0) is 14.8. The molecule has 5 heteroatoms. The molecule has 0 saturated carbocycles. The van der Waals surface area contributed by atoms with Crippen LogP contribution in [-0.4, -0.2) is 29.9 Å². The number of nitrogens with zero attached hydrogens (tertiary/aromatic N) is 1. The van der Waals surface area contributed by atoms with Gasteiger partial charge in [-0.2, -0.15) is 0 Å². The zero-order valence-corrected chi connectivity index (χ0v) is 12.1. The van der Waals surface area contributed by atoms with Gasteiger partial charge in [0.25, 0.3) is 0 Å². The van der Waals surface area contributed by atoms with E-state index in [-0.39, 0.29) is 11.7 Å². The van der Waals surface area contributed by atoms with Crippen molar-refractivity contribution in [1.29, 1.82) is 0 Å². The smallest absolute Gasteiger partial charge is 0.220 e. The van der Waals surface area contributed by atoms with Crippen molar-refractivity contribution in [3.05, 3.63) is 35.1 Å². The molecule has 0 radical (unpaired) electrons. The zero-order valence-electron chi connectivity index (χ0n) is 12.1. The first kappa shape index (κ1) is 14.5. The maximum atomic E-state index is 13.9. The summed E-state index contributed by atoms with van der Waals surface area (Å²) in [5.41, 5.74) is 7.31. The molecule has 1 amide bonds. The fourth-order valence-corrected chi connectivity index (χ4v) is 3.45. The summed E-state index contributed by atoms with van der Waals surface area (Å²) in [6.07, 6.45) is 2.51. The Bertz CT molecular complexity index is 534. The van der Waals surface area contributed by atoms with Crippen LogP contribution in [0.5, 0.6) is 0 Å². The molecule has 2 heterocycles. The van der Waals surface area contributed by atoms with Gasteiger partial charge in [0.1, 0.15) is 5.82 Å². The number of hydrogen-bond donors (Lipinski definition) is 2. The van der Waals surface area contributed by atoms with Gasteiger partial charge in [0.2, 0.25) is 5.91 Å². The Morgan fingerprint density at radius 3 is 3.05 bits per heavy atom. The third kappa shape index (κ3) is 3.24. The Morgan fingerprint density at radius 2 is 2.24 bits per heavy atom. The molecule has 4 nitrogen and oxygen atoms in total. The summed E-state index contributed by atoms with van der Waals surface area (Å²) in [6.45, 7) is 2.88. The average Bonchev–Trinajstić information content (AvgIpc) is 2.49. The van der Waals surface area contributed by atoms with Crippen LogP contribution in [0.25, 0.3) is 0 Å². The van der Waals surface area contributed by atoms with E-state index in [1.807, 2.05) is 6.07 Å². The normalized spacial score (nSPS) is 26.3. The monoisotopic (exact) mass is 291 g/mol. The lowest BCUT2D eigenvalue weighted by Gasteiger charge is -2.41. The second-order valence-electron chi connectivity index (χ2n) is 6.13. The number of piperidine rings is 2. The van der Waals surface area contributed by atoms with Gasteiger partial charge >= 0.3 is 0 Å². The van der Waals surface area contributed by atoms with E-state index in [9.17, 15) is 9.18 Å². The van der Waals surface area contributed by atoms with Crippen molar-refractivity contribution >= 4 is 5.91 Å². The van der Waals surface area contributed by atoms with Gasteiger partial charge in [-0.3, -0.25) is 9.69 Å². The van der Waals surface area contributed by atoms with Crippen LogP contribution in [0, 0.1) is 11.7 Å². The van der Waals surface area contributed by atoms with Crippen LogP contribution in [0.3, 0.4) is 0 Å². The summed E-state index contributed by atoms with van der Waals surface area (Å²) in [7, 11) is 0. The first-order valence-electron chi connectivity index (χ1n) is 7.65. The second kappa shape index (κ2) is 6.12. The molecular weight excluding hydrogens is 269 g/mol. The van der Waals surface area contributed by atoms with Gasteiger partial charge < -0.3 is 11.1 Å². The number of carbonyl (C=O) groups is 1. The van der Waals surface area contributed by atoms with Gasteiger partial charge in [-0.1, -0.05) is 12.1 Å². The molecule has 0 aromatic heterocycles. The fraction of sp³-hybridized carbons (Fsp3) is 0.562. The molecule has 0 bridgehead atoms. The minimum Gasteiger partial charge on any atom is -0.353 e. The Balaban J connectivity index is 1.65. The molecule has 3 N–H and O–H groups in total. The van der Waals surface area contributed by atoms with Crippen molar-refractivity contribution in [3.8, 4) is 0 Å². The van der Waals surface area contributed by atoms with Crippen LogP contribution >= 0.6 is 0 Å². The van der Waals surface area contributed by atoms with Crippen LogP contribution in [-0.2, 0) is 17.9 Å². The van der Waals surface area contributed by atoms with E-state index in [4.69, 9.17) is 5.73 Å². The molecule has 2 fully saturated rings. The van der Waals surface area contributed by atoms with Gasteiger partial charge in [-0.05, 0) is 30.4 Å². The Morgan fingerprint density at radius 1 is 1.38 bits per heavy atom. The number of likely N-dealkylation sites (tertiary alicyclic amines) is 1. The lowest BCUT2D eigenvalue weighted by atomic mass is 9.85. The summed E-state index contributed by atoms with van der Waals surface area (Å²) in [6, 6.07) is 5.42. The molecule has 2 aliphatic rings. The number of hydrogen-bond acceptors (Lipinski definition) is 3. The first-order chi connectivity index (χ1) is 10.2. The van der Waals surface area contributed by atoms with E-state index in [0.717, 1.165) is 37.1 Å².